The fourth-order valence-corrected chi connectivity index (χ4v) is 2.26. The van der Waals surface area contributed by atoms with Gasteiger partial charge in [0.25, 0.3) is 5.91 Å². The first-order chi connectivity index (χ1) is 12.2. The van der Waals surface area contributed by atoms with Crippen LogP contribution in [0.3, 0.4) is 0 Å². The van der Waals surface area contributed by atoms with E-state index in [0.717, 1.165) is 22.7 Å². The first kappa shape index (κ1) is 16.5. The molecule has 0 aromatic heterocycles. The van der Waals surface area contributed by atoms with Crippen LogP contribution >= 0.6 is 0 Å². The molecule has 0 heterocycles. The van der Waals surface area contributed by atoms with Crippen LogP contribution < -0.4 is 10.1 Å². The molecule has 3 rings (SSSR count). The number of aliphatic imine (C=N–C) groups is 1. The van der Waals surface area contributed by atoms with E-state index in [4.69, 9.17) is 4.74 Å². The molecule has 4 nitrogen and oxygen atoms in total. The number of nitrogens with one attached hydrogen (secondary N) is 1. The third kappa shape index (κ3) is 4.54. The molecular weight excluding hydrogens is 312 g/mol. The van der Waals surface area contributed by atoms with Gasteiger partial charge in [-0.2, -0.15) is 0 Å². The predicted octanol–water partition coefficient (Wildman–Crippen LogP) is 4.70. The number of methoxy groups -OCH3 is 1. The van der Waals surface area contributed by atoms with Gasteiger partial charge in [0.2, 0.25) is 0 Å². The molecule has 0 fully saturated rings. The molecule has 124 valence electrons. The van der Waals surface area contributed by atoms with E-state index in [1.165, 1.54) is 0 Å². The zero-order chi connectivity index (χ0) is 17.5. The summed E-state index contributed by atoms with van der Waals surface area (Å²) < 4.78 is 5.13. The van der Waals surface area contributed by atoms with Crippen LogP contribution in [0.25, 0.3) is 0 Å². The molecule has 25 heavy (non-hydrogen) atoms. The van der Waals surface area contributed by atoms with Crippen molar-refractivity contribution in [2.45, 2.75) is 0 Å². The van der Waals surface area contributed by atoms with E-state index in [-0.39, 0.29) is 5.91 Å². The smallest absolute Gasteiger partial charge is 0.255 e. The molecule has 3 aromatic carbocycles. The molecule has 3 aromatic rings. The Hall–Kier alpha value is -3.40. The summed E-state index contributed by atoms with van der Waals surface area (Å²) in [6.07, 6.45) is 1.79. The van der Waals surface area contributed by atoms with Gasteiger partial charge in [-0.15, -0.1) is 0 Å². The van der Waals surface area contributed by atoms with Gasteiger partial charge in [-0.25, -0.2) is 0 Å². The van der Waals surface area contributed by atoms with Crippen molar-refractivity contribution in [3.63, 3.8) is 0 Å². The summed E-state index contributed by atoms with van der Waals surface area (Å²) in [4.78, 5) is 16.5. The standard InChI is InChI=1S/C21H18N2O2/c1-25-20-13-7-16(8-14-20)15-22-18-9-11-19(12-10-18)23-21(24)17-5-3-2-4-6-17/h2-15H,1H3,(H,23,24). The SMILES string of the molecule is COc1ccc(C=Nc2ccc(NC(=O)c3ccccc3)cc2)cc1. The zero-order valence-corrected chi connectivity index (χ0v) is 13.8. The Labute approximate surface area is 146 Å². The summed E-state index contributed by atoms with van der Waals surface area (Å²) in [5, 5.41) is 2.87. The number of carbonyl (C=O) groups excluding carboxylic acids is 1. The van der Waals surface area contributed by atoms with Gasteiger partial charge in [0.1, 0.15) is 5.75 Å². The molecule has 1 amide bonds. The second kappa shape index (κ2) is 7.93. The first-order valence-corrected chi connectivity index (χ1v) is 7.89. The largest absolute Gasteiger partial charge is 0.497 e. The van der Waals surface area contributed by atoms with Crippen molar-refractivity contribution in [1.82, 2.24) is 0 Å². The summed E-state index contributed by atoms with van der Waals surface area (Å²) in [6.45, 7) is 0. The average Bonchev–Trinajstić information content (AvgIpc) is 2.68. The van der Waals surface area contributed by atoms with Crippen LogP contribution in [0.1, 0.15) is 15.9 Å². The van der Waals surface area contributed by atoms with E-state index < -0.39 is 0 Å². The van der Waals surface area contributed by atoms with Crippen LogP contribution in [0.2, 0.25) is 0 Å². The minimum absolute atomic E-state index is 0.130. The number of nitrogens with zero attached hydrogens (tertiary/aromatic N) is 1. The lowest BCUT2D eigenvalue weighted by Gasteiger charge is -2.05. The molecule has 0 radical (unpaired) electrons. The second-order valence-corrected chi connectivity index (χ2v) is 5.40. The minimum atomic E-state index is -0.130. The van der Waals surface area contributed by atoms with Gasteiger partial charge in [0, 0.05) is 17.5 Å². The van der Waals surface area contributed by atoms with Gasteiger partial charge in [0.15, 0.2) is 0 Å². The van der Waals surface area contributed by atoms with Crippen molar-refractivity contribution in [2.75, 3.05) is 12.4 Å². The molecule has 0 unspecified atom stereocenters. The highest BCUT2D eigenvalue weighted by Crippen LogP contribution is 2.17. The van der Waals surface area contributed by atoms with E-state index in [0.29, 0.717) is 5.56 Å². The Morgan fingerprint density at radius 1 is 0.920 bits per heavy atom. The average molecular weight is 330 g/mol. The first-order valence-electron chi connectivity index (χ1n) is 7.89. The highest BCUT2D eigenvalue weighted by atomic mass is 16.5. The van der Waals surface area contributed by atoms with Gasteiger partial charge in [0.05, 0.1) is 12.8 Å². The van der Waals surface area contributed by atoms with Crippen LogP contribution in [0.5, 0.6) is 5.75 Å². The Bertz CT molecular complexity index is 855. The van der Waals surface area contributed by atoms with Gasteiger partial charge >= 0.3 is 0 Å². The summed E-state index contributed by atoms with van der Waals surface area (Å²) in [7, 11) is 1.64. The number of hydrogen-bond acceptors (Lipinski definition) is 3. The Balaban J connectivity index is 1.63. The molecule has 1 N–H and O–H groups in total. The van der Waals surface area contributed by atoms with Crippen LogP contribution in [-0.2, 0) is 0 Å². The molecule has 0 saturated heterocycles. The number of ether oxygens (including phenoxy) is 1. The number of carbonyl (C=O) groups is 1. The van der Waals surface area contributed by atoms with E-state index in [1.807, 2.05) is 66.7 Å². The van der Waals surface area contributed by atoms with Crippen molar-refractivity contribution < 1.29 is 9.53 Å². The maximum Gasteiger partial charge on any atom is 0.255 e. The summed E-state index contributed by atoms with van der Waals surface area (Å²) in [6, 6.07) is 24.2. The summed E-state index contributed by atoms with van der Waals surface area (Å²) >= 11 is 0. The van der Waals surface area contributed by atoms with Crippen LogP contribution in [0.15, 0.2) is 83.9 Å². The lowest BCUT2D eigenvalue weighted by Crippen LogP contribution is -2.11. The lowest BCUT2D eigenvalue weighted by molar-refractivity contribution is 0.102. The molecular formula is C21H18N2O2. The molecule has 0 bridgehead atoms. The van der Waals surface area contributed by atoms with Crippen LogP contribution in [-0.4, -0.2) is 19.2 Å². The van der Waals surface area contributed by atoms with Gasteiger partial charge in [-0.3, -0.25) is 9.79 Å². The van der Waals surface area contributed by atoms with Crippen LogP contribution in [0, 0.1) is 0 Å². The highest BCUT2D eigenvalue weighted by molar-refractivity contribution is 6.04. The lowest BCUT2D eigenvalue weighted by atomic mass is 10.2. The number of amides is 1. The maximum absolute atomic E-state index is 12.1. The van der Waals surface area contributed by atoms with Gasteiger partial charge in [-0.1, -0.05) is 18.2 Å². The number of anilines is 1. The molecule has 0 spiro atoms. The number of rotatable bonds is 5. The normalized spacial score (nSPS) is 10.6. The Morgan fingerprint density at radius 2 is 1.60 bits per heavy atom. The van der Waals surface area contributed by atoms with Gasteiger partial charge < -0.3 is 10.1 Å². The van der Waals surface area contributed by atoms with Crippen LogP contribution in [0.4, 0.5) is 11.4 Å². The van der Waals surface area contributed by atoms with Crippen molar-refractivity contribution in [1.29, 1.82) is 0 Å². The topological polar surface area (TPSA) is 50.7 Å². The molecule has 4 heteroatoms. The summed E-state index contributed by atoms with van der Waals surface area (Å²) in [5.41, 5.74) is 3.16. The highest BCUT2D eigenvalue weighted by Gasteiger charge is 2.04. The quantitative estimate of drug-likeness (QED) is 0.690. The molecule has 0 saturated carbocycles. The molecule has 0 aliphatic heterocycles. The van der Waals surface area contributed by atoms with E-state index in [1.54, 1.807) is 25.5 Å². The predicted molar refractivity (Wildman–Crippen MR) is 101 cm³/mol. The molecule has 0 aliphatic carbocycles. The van der Waals surface area contributed by atoms with Crippen molar-refractivity contribution >= 4 is 23.5 Å². The van der Waals surface area contributed by atoms with E-state index >= 15 is 0 Å². The third-order valence-electron chi connectivity index (χ3n) is 3.64. The Morgan fingerprint density at radius 3 is 2.24 bits per heavy atom. The second-order valence-electron chi connectivity index (χ2n) is 5.40. The van der Waals surface area contributed by atoms with Crippen molar-refractivity contribution in [3.05, 3.63) is 90.0 Å². The zero-order valence-electron chi connectivity index (χ0n) is 13.8. The third-order valence-corrected chi connectivity index (χ3v) is 3.64. The number of hydrogen-bond donors (Lipinski definition) is 1. The van der Waals surface area contributed by atoms with E-state index in [9.17, 15) is 4.79 Å². The monoisotopic (exact) mass is 330 g/mol. The molecule has 0 atom stereocenters. The van der Waals surface area contributed by atoms with Crippen molar-refractivity contribution in [3.8, 4) is 5.75 Å². The van der Waals surface area contributed by atoms with Crippen molar-refractivity contribution in [2.24, 2.45) is 4.99 Å². The fourth-order valence-electron chi connectivity index (χ4n) is 2.26. The number of benzene rings is 3. The Kier molecular flexibility index (Phi) is 5.22. The maximum atomic E-state index is 12.1. The minimum Gasteiger partial charge on any atom is -0.497 e. The van der Waals surface area contributed by atoms with E-state index in [2.05, 4.69) is 10.3 Å². The molecule has 0 aliphatic rings. The fraction of sp³-hybridized carbons (Fsp3) is 0.0476. The summed E-state index contributed by atoms with van der Waals surface area (Å²) in [5.74, 6) is 0.686. The van der Waals surface area contributed by atoms with Gasteiger partial charge in [-0.05, 0) is 66.2 Å².